The molecule has 0 amide bonds. The molecule has 0 radical (unpaired) electrons. The fourth-order valence-electron chi connectivity index (χ4n) is 1.43. The van der Waals surface area contributed by atoms with Gasteiger partial charge in [-0.1, -0.05) is 6.07 Å². The number of nitriles is 1. The summed E-state index contributed by atoms with van der Waals surface area (Å²) in [5.74, 6) is 0. The summed E-state index contributed by atoms with van der Waals surface area (Å²) in [5.41, 5.74) is 1.74. The second kappa shape index (κ2) is 3.24. The predicted molar refractivity (Wildman–Crippen MR) is 56.7 cm³/mol. The number of carbonyl (C=O) groups excluding carboxylic acids is 1. The van der Waals surface area contributed by atoms with Crippen LogP contribution < -0.4 is 0 Å². The zero-order valence-electron chi connectivity index (χ0n) is 7.57. The highest BCUT2D eigenvalue weighted by atomic mass is 32.1. The van der Waals surface area contributed by atoms with Gasteiger partial charge in [0, 0.05) is 10.1 Å². The van der Waals surface area contributed by atoms with Crippen LogP contribution in [-0.2, 0) is 0 Å². The number of nitrogens with zero attached hydrogens (tertiary/aromatic N) is 1. The minimum atomic E-state index is 0.634. The summed E-state index contributed by atoms with van der Waals surface area (Å²) in [6, 6.07) is 7.60. The Hall–Kier alpha value is -1.66. The lowest BCUT2D eigenvalue weighted by molar-refractivity contribution is 0.112. The van der Waals surface area contributed by atoms with E-state index in [9.17, 15) is 4.79 Å². The Labute approximate surface area is 85.4 Å². The van der Waals surface area contributed by atoms with E-state index >= 15 is 0 Å². The lowest BCUT2D eigenvalue weighted by Gasteiger charge is -1.95. The van der Waals surface area contributed by atoms with Crippen LogP contribution in [-0.4, -0.2) is 6.29 Å². The normalized spacial score (nSPS) is 10.0. The average Bonchev–Trinajstić information content (AvgIpc) is 2.63. The van der Waals surface area contributed by atoms with Gasteiger partial charge in [-0.25, -0.2) is 0 Å². The van der Waals surface area contributed by atoms with Gasteiger partial charge in [-0.15, -0.1) is 11.3 Å². The Morgan fingerprint density at radius 1 is 1.50 bits per heavy atom. The number of benzene rings is 1. The molecule has 0 aliphatic carbocycles. The summed E-state index contributed by atoms with van der Waals surface area (Å²) in [6.45, 7) is 1.98. The Balaban J connectivity index is 2.89. The molecule has 0 unspecified atom stereocenters. The molecule has 0 fully saturated rings. The fourth-order valence-corrected chi connectivity index (χ4v) is 2.40. The molecule has 0 N–H and O–H groups in total. The van der Waals surface area contributed by atoms with Crippen molar-refractivity contribution in [3.63, 3.8) is 0 Å². The van der Waals surface area contributed by atoms with E-state index in [0.29, 0.717) is 10.4 Å². The van der Waals surface area contributed by atoms with E-state index in [1.165, 1.54) is 11.3 Å². The summed E-state index contributed by atoms with van der Waals surface area (Å²) in [4.78, 5) is 11.3. The van der Waals surface area contributed by atoms with Crippen LogP contribution in [0.5, 0.6) is 0 Å². The highest BCUT2D eigenvalue weighted by molar-refractivity contribution is 7.20. The molecular formula is C11H7NOS. The van der Waals surface area contributed by atoms with Crippen LogP contribution in [0.25, 0.3) is 10.1 Å². The summed E-state index contributed by atoms with van der Waals surface area (Å²) < 4.78 is 1.03. The number of aldehydes is 1. The second-order valence-corrected chi connectivity index (χ2v) is 4.14. The van der Waals surface area contributed by atoms with E-state index in [0.717, 1.165) is 21.9 Å². The molecule has 0 aliphatic rings. The van der Waals surface area contributed by atoms with Crippen LogP contribution in [0.3, 0.4) is 0 Å². The third kappa shape index (κ3) is 1.21. The molecule has 3 heteroatoms. The van der Waals surface area contributed by atoms with Gasteiger partial charge in [0.15, 0.2) is 6.29 Å². The highest BCUT2D eigenvalue weighted by Gasteiger charge is 2.07. The van der Waals surface area contributed by atoms with Gasteiger partial charge in [0.25, 0.3) is 0 Å². The molecule has 1 aromatic carbocycles. The predicted octanol–water partition coefficient (Wildman–Crippen LogP) is 2.89. The maximum atomic E-state index is 10.6. The molecule has 0 bridgehead atoms. The fraction of sp³-hybridized carbons (Fsp3) is 0.0909. The number of hydrogen-bond acceptors (Lipinski definition) is 3. The average molecular weight is 201 g/mol. The second-order valence-electron chi connectivity index (χ2n) is 3.05. The first-order chi connectivity index (χ1) is 6.76. The first-order valence-electron chi connectivity index (χ1n) is 4.14. The van der Waals surface area contributed by atoms with Crippen LogP contribution in [0, 0.1) is 18.3 Å². The van der Waals surface area contributed by atoms with E-state index in [2.05, 4.69) is 6.07 Å². The van der Waals surface area contributed by atoms with Crippen molar-refractivity contribution in [1.29, 1.82) is 5.26 Å². The number of hydrogen-bond donors (Lipinski definition) is 0. The monoisotopic (exact) mass is 201 g/mol. The van der Waals surface area contributed by atoms with Crippen molar-refractivity contribution in [3.8, 4) is 6.07 Å². The van der Waals surface area contributed by atoms with Crippen LogP contribution in [0.4, 0.5) is 0 Å². The highest BCUT2D eigenvalue weighted by Crippen LogP contribution is 2.29. The first kappa shape index (κ1) is 8.92. The molecule has 0 aliphatic heterocycles. The molecule has 14 heavy (non-hydrogen) atoms. The summed E-state index contributed by atoms with van der Waals surface area (Å²) in [5, 5.41) is 9.76. The van der Waals surface area contributed by atoms with Gasteiger partial charge < -0.3 is 0 Å². The van der Waals surface area contributed by atoms with Gasteiger partial charge in [-0.2, -0.15) is 5.26 Å². The largest absolute Gasteiger partial charge is 0.297 e. The number of carbonyl (C=O) groups is 1. The third-order valence-corrected chi connectivity index (χ3v) is 3.33. The van der Waals surface area contributed by atoms with Crippen molar-refractivity contribution >= 4 is 27.7 Å². The third-order valence-electron chi connectivity index (χ3n) is 2.14. The molecule has 2 aromatic rings. The van der Waals surface area contributed by atoms with Crippen LogP contribution in [0.15, 0.2) is 18.2 Å². The van der Waals surface area contributed by atoms with E-state index in [4.69, 9.17) is 5.26 Å². The Morgan fingerprint density at radius 3 is 2.93 bits per heavy atom. The van der Waals surface area contributed by atoms with Gasteiger partial charge in [0.2, 0.25) is 0 Å². The Bertz CT molecular complexity index is 548. The van der Waals surface area contributed by atoms with Crippen molar-refractivity contribution in [3.05, 3.63) is 34.2 Å². The number of rotatable bonds is 1. The van der Waals surface area contributed by atoms with Crippen molar-refractivity contribution in [2.24, 2.45) is 0 Å². The molecule has 0 saturated heterocycles. The van der Waals surface area contributed by atoms with Crippen molar-refractivity contribution in [2.45, 2.75) is 6.92 Å². The molecule has 2 rings (SSSR count). The van der Waals surface area contributed by atoms with Crippen LogP contribution in [0.2, 0.25) is 0 Å². The van der Waals surface area contributed by atoms with Gasteiger partial charge in [-0.05, 0) is 24.6 Å². The first-order valence-corrected chi connectivity index (χ1v) is 4.96. The number of fused-ring (bicyclic) bond motifs is 1. The molecule has 68 valence electrons. The molecule has 0 saturated carbocycles. The van der Waals surface area contributed by atoms with Crippen molar-refractivity contribution in [1.82, 2.24) is 0 Å². The summed E-state index contributed by atoms with van der Waals surface area (Å²) in [7, 11) is 0. The van der Waals surface area contributed by atoms with E-state index < -0.39 is 0 Å². The Kier molecular flexibility index (Phi) is 2.06. The molecular weight excluding hydrogens is 194 g/mol. The zero-order valence-corrected chi connectivity index (χ0v) is 8.39. The zero-order chi connectivity index (χ0) is 10.1. The van der Waals surface area contributed by atoms with Crippen LogP contribution >= 0.6 is 11.3 Å². The van der Waals surface area contributed by atoms with Gasteiger partial charge >= 0.3 is 0 Å². The maximum absolute atomic E-state index is 10.6. The molecule has 0 spiro atoms. The van der Waals surface area contributed by atoms with Gasteiger partial charge in [-0.3, -0.25) is 4.79 Å². The molecule has 2 nitrogen and oxygen atoms in total. The summed E-state index contributed by atoms with van der Waals surface area (Å²) >= 11 is 1.43. The number of thiophene rings is 1. The summed E-state index contributed by atoms with van der Waals surface area (Å²) in [6.07, 6.45) is 0.825. The van der Waals surface area contributed by atoms with Gasteiger partial charge in [0.05, 0.1) is 16.5 Å². The van der Waals surface area contributed by atoms with Crippen molar-refractivity contribution < 1.29 is 4.79 Å². The topological polar surface area (TPSA) is 40.9 Å². The minimum Gasteiger partial charge on any atom is -0.297 e. The van der Waals surface area contributed by atoms with E-state index in [-0.39, 0.29) is 0 Å². The molecule has 0 atom stereocenters. The standard InChI is InChI=1S/C11H7NOS/c1-7-2-3-8(5-12)10-4-9(6-13)14-11(7)10/h2-4,6H,1H3. The minimum absolute atomic E-state index is 0.634. The van der Waals surface area contributed by atoms with Crippen LogP contribution in [0.1, 0.15) is 20.8 Å². The van der Waals surface area contributed by atoms with Crippen molar-refractivity contribution in [2.75, 3.05) is 0 Å². The quantitative estimate of drug-likeness (QED) is 0.665. The lowest BCUT2D eigenvalue weighted by atomic mass is 10.1. The van der Waals surface area contributed by atoms with E-state index in [1.54, 1.807) is 12.1 Å². The number of aryl methyl sites for hydroxylation is 1. The SMILES string of the molecule is Cc1ccc(C#N)c2cc(C=O)sc12. The maximum Gasteiger partial charge on any atom is 0.160 e. The van der Waals surface area contributed by atoms with E-state index in [1.807, 2.05) is 13.0 Å². The lowest BCUT2D eigenvalue weighted by Crippen LogP contribution is -1.77. The van der Waals surface area contributed by atoms with Gasteiger partial charge in [0.1, 0.15) is 0 Å². The Morgan fingerprint density at radius 2 is 2.29 bits per heavy atom. The smallest absolute Gasteiger partial charge is 0.160 e. The molecule has 1 aromatic heterocycles. The molecule has 1 heterocycles.